The summed E-state index contributed by atoms with van der Waals surface area (Å²) < 4.78 is 0. The highest BCUT2D eigenvalue weighted by atomic mass is 32.1. The highest BCUT2D eigenvalue weighted by Gasteiger charge is 2.28. The van der Waals surface area contributed by atoms with Gasteiger partial charge in [0.05, 0.1) is 0 Å². The fraction of sp³-hybridized carbons (Fsp3) is 0.375. The molecule has 0 saturated carbocycles. The molecule has 1 saturated heterocycles. The van der Waals surface area contributed by atoms with Crippen molar-refractivity contribution in [3.05, 3.63) is 29.3 Å². The molecule has 0 aliphatic carbocycles. The molecule has 0 spiro atoms. The smallest absolute Gasteiger partial charge is 0.319 e. The van der Waals surface area contributed by atoms with Gasteiger partial charge in [-0.25, -0.2) is 4.79 Å². The average Bonchev–Trinajstić information content (AvgIpc) is 3.13. The van der Waals surface area contributed by atoms with Crippen molar-refractivity contribution >= 4 is 39.8 Å². The van der Waals surface area contributed by atoms with Crippen molar-refractivity contribution in [2.75, 3.05) is 22.5 Å². The SMILES string of the molecule is CC1CCC(=O)N1c1cccc(NC(=O)NCCc2nnc(N)s2)c1. The second-order valence-electron chi connectivity index (χ2n) is 5.87. The Hall–Kier alpha value is -2.68. The molecule has 1 aliphatic heterocycles. The van der Waals surface area contributed by atoms with Crippen molar-refractivity contribution in [2.24, 2.45) is 0 Å². The van der Waals surface area contributed by atoms with E-state index in [-0.39, 0.29) is 18.0 Å². The summed E-state index contributed by atoms with van der Waals surface area (Å²) in [5, 5.41) is 14.4. The van der Waals surface area contributed by atoms with Gasteiger partial charge in [-0.15, -0.1) is 10.2 Å². The third-order valence-electron chi connectivity index (χ3n) is 3.97. The number of anilines is 3. The number of amides is 3. The van der Waals surface area contributed by atoms with Gasteiger partial charge < -0.3 is 21.3 Å². The predicted molar refractivity (Wildman–Crippen MR) is 97.7 cm³/mol. The first kappa shape index (κ1) is 17.2. The Morgan fingerprint density at radius 1 is 1.44 bits per heavy atom. The van der Waals surface area contributed by atoms with Crippen LogP contribution in [0.4, 0.5) is 21.3 Å². The molecular formula is C16H20N6O2S. The Kier molecular flexibility index (Phi) is 5.13. The van der Waals surface area contributed by atoms with Gasteiger partial charge in [-0.2, -0.15) is 0 Å². The Balaban J connectivity index is 1.54. The number of carbonyl (C=O) groups is 2. The number of nitrogens with zero attached hydrogens (tertiary/aromatic N) is 3. The zero-order valence-corrected chi connectivity index (χ0v) is 14.7. The van der Waals surface area contributed by atoms with E-state index in [2.05, 4.69) is 20.8 Å². The fourth-order valence-corrected chi connectivity index (χ4v) is 3.39. The van der Waals surface area contributed by atoms with E-state index in [0.717, 1.165) is 17.1 Å². The Bertz CT molecular complexity index is 777. The van der Waals surface area contributed by atoms with Gasteiger partial charge in [0, 0.05) is 36.8 Å². The van der Waals surface area contributed by atoms with E-state index in [4.69, 9.17) is 5.73 Å². The topological polar surface area (TPSA) is 113 Å². The highest BCUT2D eigenvalue weighted by molar-refractivity contribution is 7.15. The minimum Gasteiger partial charge on any atom is -0.374 e. The van der Waals surface area contributed by atoms with Crippen molar-refractivity contribution in [1.29, 1.82) is 0 Å². The summed E-state index contributed by atoms with van der Waals surface area (Å²) in [6, 6.07) is 7.17. The summed E-state index contributed by atoms with van der Waals surface area (Å²) >= 11 is 1.31. The lowest BCUT2D eigenvalue weighted by Gasteiger charge is -2.22. The molecule has 1 aliphatic rings. The van der Waals surface area contributed by atoms with Crippen LogP contribution in [0.3, 0.4) is 0 Å². The van der Waals surface area contributed by atoms with Gasteiger partial charge in [0.1, 0.15) is 5.01 Å². The van der Waals surface area contributed by atoms with Crippen molar-refractivity contribution in [2.45, 2.75) is 32.2 Å². The van der Waals surface area contributed by atoms with Gasteiger partial charge in [-0.05, 0) is 31.5 Å². The molecule has 3 amide bonds. The lowest BCUT2D eigenvalue weighted by molar-refractivity contribution is -0.117. The summed E-state index contributed by atoms with van der Waals surface area (Å²) in [4.78, 5) is 25.8. The number of aromatic nitrogens is 2. The van der Waals surface area contributed by atoms with Crippen LogP contribution < -0.4 is 21.3 Å². The summed E-state index contributed by atoms with van der Waals surface area (Å²) in [5.74, 6) is 0.116. The molecule has 1 fully saturated rings. The second kappa shape index (κ2) is 7.47. The van der Waals surface area contributed by atoms with Gasteiger partial charge in [0.25, 0.3) is 0 Å². The minimum atomic E-state index is -0.310. The lowest BCUT2D eigenvalue weighted by Crippen LogP contribution is -2.32. The Labute approximate surface area is 149 Å². The van der Waals surface area contributed by atoms with Crippen molar-refractivity contribution in [3.63, 3.8) is 0 Å². The van der Waals surface area contributed by atoms with Gasteiger partial charge >= 0.3 is 6.03 Å². The molecule has 9 heteroatoms. The van der Waals surface area contributed by atoms with E-state index in [1.165, 1.54) is 11.3 Å². The first-order valence-corrected chi connectivity index (χ1v) is 8.89. The zero-order valence-electron chi connectivity index (χ0n) is 13.9. The van der Waals surface area contributed by atoms with E-state index in [9.17, 15) is 9.59 Å². The van der Waals surface area contributed by atoms with Crippen LogP contribution >= 0.6 is 11.3 Å². The maximum atomic E-state index is 12.0. The van der Waals surface area contributed by atoms with Gasteiger partial charge in [-0.3, -0.25) is 4.79 Å². The number of hydrogen-bond donors (Lipinski definition) is 3. The molecule has 3 rings (SSSR count). The molecular weight excluding hydrogens is 340 g/mol. The third kappa shape index (κ3) is 4.24. The predicted octanol–water partition coefficient (Wildman–Crippen LogP) is 2.00. The quantitative estimate of drug-likeness (QED) is 0.755. The number of urea groups is 1. The second-order valence-corrected chi connectivity index (χ2v) is 6.96. The molecule has 2 heterocycles. The first-order valence-electron chi connectivity index (χ1n) is 8.08. The Morgan fingerprint density at radius 2 is 2.28 bits per heavy atom. The molecule has 0 bridgehead atoms. The monoisotopic (exact) mass is 360 g/mol. The summed E-state index contributed by atoms with van der Waals surface area (Å²) in [7, 11) is 0. The molecule has 2 aromatic rings. The number of benzene rings is 1. The average molecular weight is 360 g/mol. The van der Waals surface area contributed by atoms with Crippen LogP contribution in [-0.2, 0) is 11.2 Å². The standard InChI is InChI=1S/C16H20N6O2S/c1-10-5-6-14(23)22(10)12-4-2-3-11(9-12)19-16(24)18-8-7-13-20-21-15(17)25-13/h2-4,9-10H,5-8H2,1H3,(H2,17,21)(H2,18,19,24). The molecule has 0 radical (unpaired) electrons. The fourth-order valence-electron chi connectivity index (χ4n) is 2.79. The molecule has 1 aromatic carbocycles. The van der Waals surface area contributed by atoms with Crippen LogP contribution in [0, 0.1) is 0 Å². The van der Waals surface area contributed by atoms with Crippen LogP contribution in [0.2, 0.25) is 0 Å². The Morgan fingerprint density at radius 3 is 2.96 bits per heavy atom. The van der Waals surface area contributed by atoms with E-state index >= 15 is 0 Å². The highest BCUT2D eigenvalue weighted by Crippen LogP contribution is 2.28. The molecule has 4 N–H and O–H groups in total. The number of nitrogen functional groups attached to an aromatic ring is 1. The number of rotatable bonds is 5. The van der Waals surface area contributed by atoms with E-state index < -0.39 is 0 Å². The van der Waals surface area contributed by atoms with Crippen LogP contribution in [0.15, 0.2) is 24.3 Å². The van der Waals surface area contributed by atoms with Crippen LogP contribution in [-0.4, -0.2) is 34.7 Å². The van der Waals surface area contributed by atoms with E-state index in [1.807, 2.05) is 25.1 Å². The summed E-state index contributed by atoms with van der Waals surface area (Å²) in [6.07, 6.45) is 1.99. The van der Waals surface area contributed by atoms with Crippen LogP contribution in [0.5, 0.6) is 0 Å². The first-order chi connectivity index (χ1) is 12.0. The zero-order chi connectivity index (χ0) is 17.8. The third-order valence-corrected chi connectivity index (χ3v) is 4.79. The summed E-state index contributed by atoms with van der Waals surface area (Å²) in [6.45, 7) is 2.46. The number of hydrogen-bond acceptors (Lipinski definition) is 6. The largest absolute Gasteiger partial charge is 0.374 e. The minimum absolute atomic E-state index is 0.116. The van der Waals surface area contributed by atoms with E-state index in [1.54, 1.807) is 11.0 Å². The van der Waals surface area contributed by atoms with Gasteiger partial charge in [0.2, 0.25) is 11.0 Å². The van der Waals surface area contributed by atoms with Crippen molar-refractivity contribution in [1.82, 2.24) is 15.5 Å². The maximum absolute atomic E-state index is 12.0. The van der Waals surface area contributed by atoms with Crippen molar-refractivity contribution in [3.8, 4) is 0 Å². The van der Waals surface area contributed by atoms with Gasteiger partial charge in [0.15, 0.2) is 0 Å². The number of carbonyl (C=O) groups excluding carboxylic acids is 2. The van der Waals surface area contributed by atoms with Gasteiger partial charge in [-0.1, -0.05) is 17.4 Å². The normalized spacial score (nSPS) is 16.9. The van der Waals surface area contributed by atoms with Crippen molar-refractivity contribution < 1.29 is 9.59 Å². The number of nitrogens with one attached hydrogen (secondary N) is 2. The number of nitrogens with two attached hydrogens (primary N) is 1. The summed E-state index contributed by atoms with van der Waals surface area (Å²) in [5.41, 5.74) is 6.96. The molecule has 1 aromatic heterocycles. The molecule has 25 heavy (non-hydrogen) atoms. The lowest BCUT2D eigenvalue weighted by atomic mass is 10.2. The molecule has 132 valence electrons. The van der Waals surface area contributed by atoms with E-state index in [0.29, 0.717) is 30.2 Å². The molecule has 8 nitrogen and oxygen atoms in total. The van der Waals surface area contributed by atoms with Crippen LogP contribution in [0.25, 0.3) is 0 Å². The van der Waals surface area contributed by atoms with Crippen LogP contribution in [0.1, 0.15) is 24.8 Å². The maximum Gasteiger partial charge on any atom is 0.319 e. The molecule has 1 unspecified atom stereocenters. The molecule has 1 atom stereocenters.